The molecule has 0 fully saturated rings. The van der Waals surface area contributed by atoms with Crippen molar-refractivity contribution in [1.82, 2.24) is 9.88 Å². The van der Waals surface area contributed by atoms with Crippen LogP contribution in [0.25, 0.3) is 10.6 Å². The van der Waals surface area contributed by atoms with Gasteiger partial charge >= 0.3 is 0 Å². The first-order valence-corrected chi connectivity index (χ1v) is 8.50. The summed E-state index contributed by atoms with van der Waals surface area (Å²) in [6.45, 7) is -0.344. The molecule has 1 aromatic heterocycles. The fourth-order valence-corrected chi connectivity index (χ4v) is 3.20. The number of benzene rings is 1. The maximum absolute atomic E-state index is 12.6. The lowest BCUT2D eigenvalue weighted by molar-refractivity contribution is 0.0505. The van der Waals surface area contributed by atoms with Crippen LogP contribution in [0.15, 0.2) is 23.6 Å². The Kier molecular flexibility index (Phi) is 5.44. The van der Waals surface area contributed by atoms with Crippen molar-refractivity contribution in [2.45, 2.75) is 6.43 Å². The molecular formula is C16H16F2N2O4S. The Balaban J connectivity index is 1.80. The van der Waals surface area contributed by atoms with Crippen molar-refractivity contribution in [3.63, 3.8) is 0 Å². The molecule has 0 spiro atoms. The van der Waals surface area contributed by atoms with E-state index >= 15 is 0 Å². The van der Waals surface area contributed by atoms with Gasteiger partial charge in [0.05, 0.1) is 13.2 Å². The second-order valence-corrected chi connectivity index (χ2v) is 6.12. The van der Waals surface area contributed by atoms with Crippen molar-refractivity contribution in [2.75, 3.05) is 32.9 Å². The number of aromatic nitrogens is 1. The van der Waals surface area contributed by atoms with Crippen molar-refractivity contribution in [2.24, 2.45) is 0 Å². The zero-order valence-electron chi connectivity index (χ0n) is 13.2. The van der Waals surface area contributed by atoms with Crippen molar-refractivity contribution in [3.05, 3.63) is 29.3 Å². The zero-order chi connectivity index (χ0) is 17.8. The number of halogens is 2. The van der Waals surface area contributed by atoms with Crippen molar-refractivity contribution >= 4 is 17.2 Å². The number of fused-ring (bicyclic) bond motifs is 1. The minimum absolute atomic E-state index is 0.0731. The van der Waals surface area contributed by atoms with E-state index in [1.54, 1.807) is 18.2 Å². The molecule has 1 N–H and O–H groups in total. The Morgan fingerprint density at radius 3 is 2.80 bits per heavy atom. The maximum Gasteiger partial charge on any atom is 0.273 e. The Hall–Kier alpha value is -2.26. The van der Waals surface area contributed by atoms with Crippen LogP contribution in [-0.2, 0) is 0 Å². The van der Waals surface area contributed by atoms with E-state index in [2.05, 4.69) is 4.98 Å². The average Bonchev–Trinajstić information content (AvgIpc) is 3.10. The van der Waals surface area contributed by atoms with Crippen LogP contribution in [0.1, 0.15) is 10.5 Å². The van der Waals surface area contributed by atoms with E-state index in [0.29, 0.717) is 29.7 Å². The number of rotatable bonds is 6. The number of ether oxygens (including phenoxy) is 2. The van der Waals surface area contributed by atoms with Gasteiger partial charge in [-0.1, -0.05) is 0 Å². The van der Waals surface area contributed by atoms with E-state index in [1.165, 1.54) is 16.7 Å². The highest BCUT2D eigenvalue weighted by atomic mass is 32.1. The molecule has 0 bridgehead atoms. The van der Waals surface area contributed by atoms with Crippen LogP contribution in [0, 0.1) is 0 Å². The van der Waals surface area contributed by atoms with Gasteiger partial charge in [-0.05, 0) is 18.2 Å². The molecule has 0 atom stereocenters. The molecule has 0 unspecified atom stereocenters. The van der Waals surface area contributed by atoms with Crippen LogP contribution in [0.4, 0.5) is 8.78 Å². The molecule has 2 aromatic rings. The molecule has 1 amide bonds. The lowest BCUT2D eigenvalue weighted by Crippen LogP contribution is -2.37. The van der Waals surface area contributed by atoms with Crippen LogP contribution in [0.2, 0.25) is 0 Å². The lowest BCUT2D eigenvalue weighted by Gasteiger charge is -2.20. The Morgan fingerprint density at radius 2 is 2.08 bits per heavy atom. The SMILES string of the molecule is O=C(c1csc(-c2ccc3c(c2)OCCO3)n1)N(CCO)CC(F)F. The number of carbonyl (C=O) groups excluding carboxylic acids is 1. The fourth-order valence-electron chi connectivity index (χ4n) is 2.41. The average molecular weight is 370 g/mol. The van der Waals surface area contributed by atoms with E-state index in [0.717, 1.165) is 10.5 Å². The highest BCUT2D eigenvalue weighted by Gasteiger charge is 2.22. The third-order valence-corrected chi connectivity index (χ3v) is 4.42. The summed E-state index contributed by atoms with van der Waals surface area (Å²) in [4.78, 5) is 17.5. The lowest BCUT2D eigenvalue weighted by atomic mass is 10.2. The molecule has 0 saturated carbocycles. The first-order chi connectivity index (χ1) is 12.1. The largest absolute Gasteiger partial charge is 0.486 e. The van der Waals surface area contributed by atoms with E-state index in [1.807, 2.05) is 0 Å². The molecule has 3 rings (SSSR count). The topological polar surface area (TPSA) is 71.9 Å². The first-order valence-electron chi connectivity index (χ1n) is 7.62. The van der Waals surface area contributed by atoms with E-state index in [4.69, 9.17) is 14.6 Å². The number of aliphatic hydroxyl groups excluding tert-OH is 1. The zero-order valence-corrected chi connectivity index (χ0v) is 14.0. The monoisotopic (exact) mass is 370 g/mol. The minimum Gasteiger partial charge on any atom is -0.486 e. The van der Waals surface area contributed by atoms with E-state index in [9.17, 15) is 13.6 Å². The van der Waals surface area contributed by atoms with Gasteiger partial charge in [0.15, 0.2) is 11.5 Å². The van der Waals surface area contributed by atoms with Gasteiger partial charge in [0.2, 0.25) is 0 Å². The van der Waals surface area contributed by atoms with Gasteiger partial charge in [0, 0.05) is 17.5 Å². The number of nitrogens with zero attached hydrogens (tertiary/aromatic N) is 2. The summed E-state index contributed by atoms with van der Waals surface area (Å²) < 4.78 is 36.2. The van der Waals surface area contributed by atoms with E-state index in [-0.39, 0.29) is 12.2 Å². The molecule has 1 aromatic carbocycles. The van der Waals surface area contributed by atoms with Gasteiger partial charge < -0.3 is 19.5 Å². The molecule has 9 heteroatoms. The number of hydrogen-bond acceptors (Lipinski definition) is 6. The molecular weight excluding hydrogens is 354 g/mol. The van der Waals surface area contributed by atoms with Crippen LogP contribution >= 0.6 is 11.3 Å². The third-order valence-electron chi connectivity index (χ3n) is 3.53. The standard InChI is InChI=1S/C16H16F2N2O4S/c17-14(18)8-20(3-4-21)16(22)11-9-25-15(19-11)10-1-2-12-13(7-10)24-6-5-23-12/h1-2,7,9,14,21H,3-6,8H2. The molecule has 0 saturated heterocycles. The quantitative estimate of drug-likeness (QED) is 0.845. The Bertz CT molecular complexity index is 753. The second-order valence-electron chi connectivity index (χ2n) is 5.26. The third kappa shape index (κ3) is 4.05. The van der Waals surface area contributed by atoms with Crippen molar-refractivity contribution < 1.29 is 28.2 Å². The van der Waals surface area contributed by atoms with Gasteiger partial charge in [-0.3, -0.25) is 4.79 Å². The molecule has 1 aliphatic rings. The Morgan fingerprint density at radius 1 is 1.32 bits per heavy atom. The molecule has 6 nitrogen and oxygen atoms in total. The molecule has 0 aliphatic carbocycles. The molecule has 1 aliphatic heterocycles. The summed E-state index contributed by atoms with van der Waals surface area (Å²) in [6.07, 6.45) is -2.67. The molecule has 0 radical (unpaired) electrons. The summed E-state index contributed by atoms with van der Waals surface area (Å²) in [6, 6.07) is 5.33. The highest BCUT2D eigenvalue weighted by molar-refractivity contribution is 7.13. The number of thiazole rings is 1. The summed E-state index contributed by atoms with van der Waals surface area (Å²) >= 11 is 1.23. The van der Waals surface area contributed by atoms with Crippen molar-refractivity contribution in [1.29, 1.82) is 0 Å². The summed E-state index contributed by atoms with van der Waals surface area (Å²) in [5.41, 5.74) is 0.819. The first kappa shape index (κ1) is 17.6. The van der Waals surface area contributed by atoms with Gasteiger partial charge in [-0.15, -0.1) is 11.3 Å². The van der Waals surface area contributed by atoms with Gasteiger partial charge in [-0.2, -0.15) is 0 Å². The number of carbonyl (C=O) groups is 1. The minimum atomic E-state index is -2.67. The van der Waals surface area contributed by atoms with Crippen molar-refractivity contribution in [3.8, 4) is 22.1 Å². The fraction of sp³-hybridized carbons (Fsp3) is 0.375. The Labute approximate surface area is 146 Å². The predicted molar refractivity (Wildman–Crippen MR) is 87.5 cm³/mol. The summed E-state index contributed by atoms with van der Waals surface area (Å²) in [5.74, 6) is 0.620. The van der Waals surface area contributed by atoms with Crippen LogP contribution in [0.5, 0.6) is 11.5 Å². The van der Waals surface area contributed by atoms with Gasteiger partial charge in [-0.25, -0.2) is 13.8 Å². The number of alkyl halides is 2. The number of aliphatic hydroxyl groups is 1. The molecule has 25 heavy (non-hydrogen) atoms. The smallest absolute Gasteiger partial charge is 0.273 e. The highest BCUT2D eigenvalue weighted by Crippen LogP contribution is 2.35. The number of hydrogen-bond donors (Lipinski definition) is 1. The summed E-state index contributed by atoms with van der Waals surface area (Å²) in [5, 5.41) is 11.0. The number of amides is 1. The van der Waals surface area contributed by atoms with Gasteiger partial charge in [0.1, 0.15) is 23.9 Å². The van der Waals surface area contributed by atoms with Crippen LogP contribution < -0.4 is 9.47 Å². The summed E-state index contributed by atoms with van der Waals surface area (Å²) in [7, 11) is 0. The maximum atomic E-state index is 12.6. The normalized spacial score (nSPS) is 13.1. The van der Waals surface area contributed by atoms with Gasteiger partial charge in [0.25, 0.3) is 12.3 Å². The molecule has 134 valence electrons. The molecule has 2 heterocycles. The van der Waals surface area contributed by atoms with Crippen LogP contribution in [-0.4, -0.2) is 60.2 Å². The second kappa shape index (κ2) is 7.75. The van der Waals surface area contributed by atoms with E-state index < -0.39 is 25.5 Å². The van der Waals surface area contributed by atoms with Crippen LogP contribution in [0.3, 0.4) is 0 Å². The predicted octanol–water partition coefficient (Wildman–Crippen LogP) is 2.28.